The molecule has 34 heavy (non-hydrogen) atoms. The van der Waals surface area contributed by atoms with Gasteiger partial charge in [-0.15, -0.1) is 0 Å². The summed E-state index contributed by atoms with van der Waals surface area (Å²) < 4.78 is 2.54. The van der Waals surface area contributed by atoms with Gasteiger partial charge in [-0.25, -0.2) is 4.98 Å². The quantitative estimate of drug-likeness (QED) is 0.129. The molecule has 0 saturated carbocycles. The molecule has 1 aromatic rings. The van der Waals surface area contributed by atoms with Crippen molar-refractivity contribution < 1.29 is 0 Å². The number of hydrogen-bond acceptors (Lipinski definition) is 1. The lowest BCUT2D eigenvalue weighted by molar-refractivity contribution is 0.414. The van der Waals surface area contributed by atoms with Crippen molar-refractivity contribution >= 4 is 0 Å². The van der Waals surface area contributed by atoms with Crippen molar-refractivity contribution in [3.63, 3.8) is 0 Å². The van der Waals surface area contributed by atoms with Crippen LogP contribution in [0.4, 0.5) is 0 Å². The zero-order valence-electron chi connectivity index (χ0n) is 24.0. The maximum absolute atomic E-state index is 4.90. The monoisotopic (exact) mass is 474 g/mol. The highest BCUT2D eigenvalue weighted by molar-refractivity contribution is 5.02. The number of rotatable bonds is 25. The summed E-state index contributed by atoms with van der Waals surface area (Å²) in [6, 6.07) is 0.592. The first-order valence-electron chi connectivity index (χ1n) is 15.8. The van der Waals surface area contributed by atoms with E-state index in [2.05, 4.69) is 44.7 Å². The van der Waals surface area contributed by atoms with Gasteiger partial charge in [0, 0.05) is 24.4 Å². The SMILES string of the molecule is CCCCCCCCCCCCCCC(C)n1ccnc1C(CCCCC)CCCCCCC. The zero-order chi connectivity index (χ0) is 24.7. The van der Waals surface area contributed by atoms with Crippen LogP contribution in [-0.2, 0) is 0 Å². The fourth-order valence-corrected chi connectivity index (χ4v) is 5.47. The summed E-state index contributed by atoms with van der Waals surface area (Å²) in [4.78, 5) is 4.90. The van der Waals surface area contributed by atoms with Crippen LogP contribution in [0.5, 0.6) is 0 Å². The van der Waals surface area contributed by atoms with Crippen molar-refractivity contribution in [1.82, 2.24) is 9.55 Å². The topological polar surface area (TPSA) is 17.8 Å². The molecule has 0 fully saturated rings. The number of aromatic nitrogens is 2. The highest BCUT2D eigenvalue weighted by Crippen LogP contribution is 2.30. The van der Waals surface area contributed by atoms with Gasteiger partial charge in [0.1, 0.15) is 5.82 Å². The van der Waals surface area contributed by atoms with E-state index >= 15 is 0 Å². The number of hydrogen-bond donors (Lipinski definition) is 0. The van der Waals surface area contributed by atoms with E-state index < -0.39 is 0 Å². The normalized spacial score (nSPS) is 13.4. The van der Waals surface area contributed by atoms with Crippen LogP contribution in [0.15, 0.2) is 12.4 Å². The minimum absolute atomic E-state index is 0.592. The van der Waals surface area contributed by atoms with Crippen LogP contribution in [0, 0.1) is 0 Å². The molecule has 0 saturated heterocycles. The van der Waals surface area contributed by atoms with Gasteiger partial charge < -0.3 is 4.57 Å². The maximum atomic E-state index is 4.90. The van der Waals surface area contributed by atoms with Crippen molar-refractivity contribution in [3.8, 4) is 0 Å². The summed E-state index contributed by atoms with van der Waals surface area (Å²) in [5.41, 5.74) is 0. The smallest absolute Gasteiger partial charge is 0.111 e. The molecule has 0 amide bonds. The van der Waals surface area contributed by atoms with Crippen molar-refractivity contribution in [2.45, 2.75) is 187 Å². The molecule has 0 bridgehead atoms. The average molecular weight is 475 g/mol. The van der Waals surface area contributed by atoms with Gasteiger partial charge in [0.25, 0.3) is 0 Å². The van der Waals surface area contributed by atoms with Gasteiger partial charge >= 0.3 is 0 Å². The highest BCUT2D eigenvalue weighted by Gasteiger charge is 2.19. The van der Waals surface area contributed by atoms with Crippen LogP contribution in [0.1, 0.15) is 193 Å². The molecule has 2 unspecified atom stereocenters. The van der Waals surface area contributed by atoms with E-state index in [1.807, 2.05) is 0 Å². The van der Waals surface area contributed by atoms with E-state index in [0.717, 1.165) is 0 Å². The molecule has 2 atom stereocenters. The molecule has 0 aliphatic heterocycles. The lowest BCUT2D eigenvalue weighted by Gasteiger charge is -2.22. The zero-order valence-corrected chi connectivity index (χ0v) is 24.0. The Balaban J connectivity index is 2.30. The predicted octanol–water partition coefficient (Wildman–Crippen LogP) is 11.6. The second-order valence-corrected chi connectivity index (χ2v) is 11.1. The molecule has 200 valence electrons. The van der Waals surface area contributed by atoms with Crippen molar-refractivity contribution in [2.24, 2.45) is 0 Å². The molecule has 1 aromatic heterocycles. The first-order valence-corrected chi connectivity index (χ1v) is 15.8. The molecule has 2 nitrogen and oxygen atoms in total. The molecule has 2 heteroatoms. The second-order valence-electron chi connectivity index (χ2n) is 11.1. The van der Waals surface area contributed by atoms with E-state index in [1.165, 1.54) is 154 Å². The minimum atomic E-state index is 0.592. The Morgan fingerprint density at radius 1 is 0.559 bits per heavy atom. The van der Waals surface area contributed by atoms with E-state index in [9.17, 15) is 0 Å². The molecule has 0 aliphatic carbocycles. The van der Waals surface area contributed by atoms with Crippen LogP contribution in [0.2, 0.25) is 0 Å². The summed E-state index contributed by atoms with van der Waals surface area (Å²) in [6.45, 7) is 9.35. The molecule has 1 rings (SSSR count). The molecular formula is C32H62N2. The van der Waals surface area contributed by atoms with Gasteiger partial charge in [0.15, 0.2) is 0 Å². The number of nitrogens with zero attached hydrogens (tertiary/aromatic N) is 2. The summed E-state index contributed by atoms with van der Waals surface area (Å²) in [5, 5.41) is 0. The summed E-state index contributed by atoms with van der Waals surface area (Å²) in [5.74, 6) is 2.05. The van der Waals surface area contributed by atoms with Crippen LogP contribution in [0.25, 0.3) is 0 Å². The molecule has 0 aliphatic rings. The Labute approximate surface area is 215 Å². The predicted molar refractivity (Wildman–Crippen MR) is 153 cm³/mol. The van der Waals surface area contributed by atoms with Crippen molar-refractivity contribution in [2.75, 3.05) is 0 Å². The largest absolute Gasteiger partial charge is 0.332 e. The number of unbranched alkanes of at least 4 members (excludes halogenated alkanes) is 17. The molecular weight excluding hydrogens is 412 g/mol. The third-order valence-corrected chi connectivity index (χ3v) is 7.83. The standard InChI is InChI=1S/C32H62N2/c1-5-8-11-13-14-15-16-17-18-19-21-23-25-30(4)34-29-28-33-32(34)31(26-22-10-7-3)27-24-20-12-9-6-2/h28-31H,5-27H2,1-4H3. The van der Waals surface area contributed by atoms with Crippen LogP contribution in [-0.4, -0.2) is 9.55 Å². The van der Waals surface area contributed by atoms with Gasteiger partial charge in [-0.3, -0.25) is 0 Å². The Morgan fingerprint density at radius 2 is 0.941 bits per heavy atom. The summed E-state index contributed by atoms with van der Waals surface area (Å²) in [7, 11) is 0. The minimum Gasteiger partial charge on any atom is -0.332 e. The molecule has 0 spiro atoms. The maximum Gasteiger partial charge on any atom is 0.111 e. The third-order valence-electron chi connectivity index (χ3n) is 7.83. The van der Waals surface area contributed by atoms with Gasteiger partial charge in [0.2, 0.25) is 0 Å². The Kier molecular flexibility index (Phi) is 20.8. The fourth-order valence-electron chi connectivity index (χ4n) is 5.47. The van der Waals surface area contributed by atoms with E-state index in [0.29, 0.717) is 12.0 Å². The second kappa shape index (κ2) is 22.7. The van der Waals surface area contributed by atoms with E-state index in [4.69, 9.17) is 4.98 Å². The fraction of sp³-hybridized carbons (Fsp3) is 0.906. The first-order chi connectivity index (χ1) is 16.7. The molecule has 0 aromatic carbocycles. The molecule has 1 heterocycles. The van der Waals surface area contributed by atoms with Crippen LogP contribution < -0.4 is 0 Å². The Bertz CT molecular complexity index is 535. The van der Waals surface area contributed by atoms with Crippen LogP contribution >= 0.6 is 0 Å². The first kappa shape index (κ1) is 31.2. The van der Waals surface area contributed by atoms with Crippen molar-refractivity contribution in [1.29, 1.82) is 0 Å². The Morgan fingerprint density at radius 3 is 1.44 bits per heavy atom. The molecule has 0 N–H and O–H groups in total. The number of imidazole rings is 1. The lowest BCUT2D eigenvalue weighted by Crippen LogP contribution is -2.13. The van der Waals surface area contributed by atoms with Gasteiger partial charge in [-0.2, -0.15) is 0 Å². The summed E-state index contributed by atoms with van der Waals surface area (Å²) >= 11 is 0. The van der Waals surface area contributed by atoms with Crippen LogP contribution in [0.3, 0.4) is 0 Å². The third kappa shape index (κ3) is 15.3. The van der Waals surface area contributed by atoms with Crippen molar-refractivity contribution in [3.05, 3.63) is 18.2 Å². The van der Waals surface area contributed by atoms with E-state index in [1.54, 1.807) is 0 Å². The van der Waals surface area contributed by atoms with Gasteiger partial charge in [-0.1, -0.05) is 149 Å². The molecule has 0 radical (unpaired) electrons. The Hall–Kier alpha value is -0.790. The van der Waals surface area contributed by atoms with Gasteiger partial charge in [-0.05, 0) is 26.2 Å². The summed E-state index contributed by atoms with van der Waals surface area (Å²) in [6.07, 6.45) is 36.4. The van der Waals surface area contributed by atoms with E-state index in [-0.39, 0.29) is 0 Å². The lowest BCUT2D eigenvalue weighted by atomic mass is 9.93. The average Bonchev–Trinajstić information content (AvgIpc) is 3.33. The van der Waals surface area contributed by atoms with Gasteiger partial charge in [0.05, 0.1) is 0 Å². The highest BCUT2D eigenvalue weighted by atomic mass is 15.1.